The molecule has 0 aliphatic rings. The van der Waals surface area contributed by atoms with Gasteiger partial charge in [0, 0.05) is 18.8 Å². The zero-order chi connectivity index (χ0) is 15.9. The molecule has 22 heavy (non-hydrogen) atoms. The summed E-state index contributed by atoms with van der Waals surface area (Å²) in [4.78, 5) is 14.0. The maximum Gasteiger partial charge on any atom is 0.322 e. The highest BCUT2D eigenvalue weighted by Crippen LogP contribution is 2.13. The molecule has 0 spiro atoms. The van der Waals surface area contributed by atoms with E-state index in [0.29, 0.717) is 13.1 Å². The number of nitrogens with one attached hydrogen (secondary N) is 1. The minimum absolute atomic E-state index is 0.181. The van der Waals surface area contributed by atoms with Crippen LogP contribution in [-0.2, 0) is 13.0 Å². The van der Waals surface area contributed by atoms with Gasteiger partial charge in [-0.15, -0.1) is 0 Å². The van der Waals surface area contributed by atoms with Crippen molar-refractivity contribution in [2.24, 2.45) is 0 Å². The standard InChI is InChI=1S/C18H21FN2O/c1-3-14-7-6-10-17(12-14)20-18(22)21(4-2)13-15-8-5-9-16(19)11-15/h5-12H,3-4,13H2,1-2H3,(H,20,22). The maximum absolute atomic E-state index is 13.2. The van der Waals surface area contributed by atoms with Crippen LogP contribution in [0.3, 0.4) is 0 Å². The largest absolute Gasteiger partial charge is 0.322 e. The van der Waals surface area contributed by atoms with Crippen molar-refractivity contribution >= 4 is 11.7 Å². The number of anilines is 1. The third-order valence-electron chi connectivity index (χ3n) is 3.52. The predicted octanol–water partition coefficient (Wildman–Crippen LogP) is 4.44. The SMILES string of the molecule is CCc1cccc(NC(=O)N(CC)Cc2cccc(F)c2)c1. The van der Waals surface area contributed by atoms with Crippen molar-refractivity contribution in [2.45, 2.75) is 26.8 Å². The van der Waals surface area contributed by atoms with Gasteiger partial charge >= 0.3 is 6.03 Å². The zero-order valence-electron chi connectivity index (χ0n) is 13.0. The summed E-state index contributed by atoms with van der Waals surface area (Å²) in [5, 5.41) is 2.90. The first-order chi connectivity index (χ1) is 10.6. The molecule has 0 saturated heterocycles. The van der Waals surface area contributed by atoms with Gasteiger partial charge in [-0.2, -0.15) is 0 Å². The summed E-state index contributed by atoms with van der Waals surface area (Å²) in [6.45, 7) is 4.91. The summed E-state index contributed by atoms with van der Waals surface area (Å²) >= 11 is 0. The van der Waals surface area contributed by atoms with Crippen LogP contribution in [-0.4, -0.2) is 17.5 Å². The van der Waals surface area contributed by atoms with Crippen LogP contribution in [0.1, 0.15) is 25.0 Å². The molecule has 2 rings (SSSR count). The van der Waals surface area contributed by atoms with Crippen LogP contribution in [0.4, 0.5) is 14.9 Å². The van der Waals surface area contributed by atoms with Gasteiger partial charge in [-0.1, -0.05) is 31.2 Å². The number of aryl methyl sites for hydroxylation is 1. The summed E-state index contributed by atoms with van der Waals surface area (Å²) in [7, 11) is 0. The lowest BCUT2D eigenvalue weighted by molar-refractivity contribution is 0.212. The Morgan fingerprint density at radius 3 is 2.50 bits per heavy atom. The molecule has 0 unspecified atom stereocenters. The number of hydrogen-bond acceptors (Lipinski definition) is 1. The molecule has 2 aromatic rings. The molecule has 0 aliphatic heterocycles. The van der Waals surface area contributed by atoms with E-state index in [1.165, 1.54) is 17.7 Å². The second-order valence-electron chi connectivity index (χ2n) is 5.13. The molecule has 2 aromatic carbocycles. The van der Waals surface area contributed by atoms with Crippen molar-refractivity contribution < 1.29 is 9.18 Å². The Morgan fingerprint density at radius 1 is 1.09 bits per heavy atom. The summed E-state index contributed by atoms with van der Waals surface area (Å²) in [6.07, 6.45) is 0.921. The first kappa shape index (κ1) is 16.0. The molecule has 0 heterocycles. The Kier molecular flexibility index (Phi) is 5.53. The van der Waals surface area contributed by atoms with E-state index in [1.807, 2.05) is 37.3 Å². The van der Waals surface area contributed by atoms with Crippen molar-refractivity contribution in [3.8, 4) is 0 Å². The molecule has 2 amide bonds. The quantitative estimate of drug-likeness (QED) is 0.869. The van der Waals surface area contributed by atoms with Gasteiger partial charge in [0.2, 0.25) is 0 Å². The Hall–Kier alpha value is -2.36. The Morgan fingerprint density at radius 2 is 1.82 bits per heavy atom. The Balaban J connectivity index is 2.05. The second kappa shape index (κ2) is 7.59. The van der Waals surface area contributed by atoms with Gasteiger partial charge in [-0.05, 0) is 48.7 Å². The molecule has 0 radical (unpaired) electrons. The fraction of sp³-hybridized carbons (Fsp3) is 0.278. The molecule has 0 aliphatic carbocycles. The van der Waals surface area contributed by atoms with Crippen LogP contribution in [0.25, 0.3) is 0 Å². The van der Waals surface area contributed by atoms with E-state index >= 15 is 0 Å². The zero-order valence-corrected chi connectivity index (χ0v) is 13.0. The van der Waals surface area contributed by atoms with Gasteiger partial charge in [0.15, 0.2) is 0 Å². The van der Waals surface area contributed by atoms with Gasteiger partial charge in [0.05, 0.1) is 0 Å². The van der Waals surface area contributed by atoms with Gasteiger partial charge in [-0.3, -0.25) is 0 Å². The molecule has 3 nitrogen and oxygen atoms in total. The fourth-order valence-corrected chi connectivity index (χ4v) is 2.25. The van der Waals surface area contributed by atoms with E-state index in [9.17, 15) is 9.18 Å². The van der Waals surface area contributed by atoms with E-state index in [-0.39, 0.29) is 11.8 Å². The van der Waals surface area contributed by atoms with E-state index in [0.717, 1.165) is 17.7 Å². The Labute approximate surface area is 130 Å². The number of halogens is 1. The van der Waals surface area contributed by atoms with Crippen LogP contribution in [0.2, 0.25) is 0 Å². The molecule has 0 saturated carbocycles. The number of urea groups is 1. The maximum atomic E-state index is 13.2. The van der Waals surface area contributed by atoms with Crippen molar-refractivity contribution in [2.75, 3.05) is 11.9 Å². The molecule has 0 bridgehead atoms. The van der Waals surface area contributed by atoms with Crippen LogP contribution in [0, 0.1) is 5.82 Å². The first-order valence-electron chi connectivity index (χ1n) is 7.51. The molecule has 0 atom stereocenters. The van der Waals surface area contributed by atoms with Crippen LogP contribution < -0.4 is 5.32 Å². The highest BCUT2D eigenvalue weighted by molar-refractivity contribution is 5.89. The highest BCUT2D eigenvalue weighted by atomic mass is 19.1. The normalized spacial score (nSPS) is 10.3. The summed E-state index contributed by atoms with van der Waals surface area (Å²) in [5.41, 5.74) is 2.73. The van der Waals surface area contributed by atoms with Crippen molar-refractivity contribution in [3.05, 3.63) is 65.5 Å². The van der Waals surface area contributed by atoms with E-state index < -0.39 is 0 Å². The number of benzene rings is 2. The van der Waals surface area contributed by atoms with Crippen LogP contribution in [0.5, 0.6) is 0 Å². The minimum Gasteiger partial charge on any atom is -0.320 e. The minimum atomic E-state index is -0.287. The molecular weight excluding hydrogens is 279 g/mol. The van der Waals surface area contributed by atoms with Crippen molar-refractivity contribution in [3.63, 3.8) is 0 Å². The first-order valence-corrected chi connectivity index (χ1v) is 7.51. The number of hydrogen-bond donors (Lipinski definition) is 1. The number of rotatable bonds is 5. The van der Waals surface area contributed by atoms with Gasteiger partial charge in [0.1, 0.15) is 5.82 Å². The lowest BCUT2D eigenvalue weighted by Gasteiger charge is -2.21. The number of nitrogens with zero attached hydrogens (tertiary/aromatic N) is 1. The summed E-state index contributed by atoms with van der Waals surface area (Å²) in [6, 6.07) is 13.9. The van der Waals surface area contributed by atoms with E-state index in [1.54, 1.807) is 11.0 Å². The number of carbonyl (C=O) groups is 1. The molecule has 116 valence electrons. The lowest BCUT2D eigenvalue weighted by Crippen LogP contribution is -2.34. The van der Waals surface area contributed by atoms with Gasteiger partial charge in [-0.25, -0.2) is 9.18 Å². The van der Waals surface area contributed by atoms with E-state index in [2.05, 4.69) is 12.2 Å². The number of amides is 2. The lowest BCUT2D eigenvalue weighted by atomic mass is 10.1. The third-order valence-corrected chi connectivity index (χ3v) is 3.52. The van der Waals surface area contributed by atoms with E-state index in [4.69, 9.17) is 0 Å². The predicted molar refractivity (Wildman–Crippen MR) is 87.3 cm³/mol. The summed E-state index contributed by atoms with van der Waals surface area (Å²) < 4.78 is 13.2. The second-order valence-corrected chi connectivity index (χ2v) is 5.13. The van der Waals surface area contributed by atoms with Gasteiger partial charge < -0.3 is 10.2 Å². The van der Waals surface area contributed by atoms with Crippen molar-refractivity contribution in [1.29, 1.82) is 0 Å². The third kappa shape index (κ3) is 4.32. The topological polar surface area (TPSA) is 32.3 Å². The molecule has 0 fully saturated rings. The van der Waals surface area contributed by atoms with Gasteiger partial charge in [0.25, 0.3) is 0 Å². The fourth-order valence-electron chi connectivity index (χ4n) is 2.25. The number of carbonyl (C=O) groups excluding carboxylic acids is 1. The monoisotopic (exact) mass is 300 g/mol. The summed E-state index contributed by atoms with van der Waals surface area (Å²) in [5.74, 6) is -0.287. The van der Waals surface area contributed by atoms with Crippen LogP contribution >= 0.6 is 0 Å². The Bertz CT molecular complexity index is 642. The van der Waals surface area contributed by atoms with Crippen molar-refractivity contribution in [1.82, 2.24) is 4.90 Å². The average molecular weight is 300 g/mol. The van der Waals surface area contributed by atoms with Crippen LogP contribution in [0.15, 0.2) is 48.5 Å². The molecule has 4 heteroatoms. The molecule has 1 N–H and O–H groups in total. The average Bonchev–Trinajstić information content (AvgIpc) is 2.52. The smallest absolute Gasteiger partial charge is 0.320 e. The highest BCUT2D eigenvalue weighted by Gasteiger charge is 2.12. The molecular formula is C18H21FN2O. The molecule has 0 aromatic heterocycles.